The SMILES string of the molecule is CCOCCCCNCCN1CC(C)OC(C)(C)C1. The summed E-state index contributed by atoms with van der Waals surface area (Å²) in [5, 5.41) is 3.51. The van der Waals surface area contributed by atoms with Gasteiger partial charge in [0.05, 0.1) is 11.7 Å². The summed E-state index contributed by atoms with van der Waals surface area (Å²) >= 11 is 0. The molecule has 1 aliphatic heterocycles. The number of hydrogen-bond acceptors (Lipinski definition) is 4. The van der Waals surface area contributed by atoms with E-state index < -0.39 is 0 Å². The molecule has 1 saturated heterocycles. The van der Waals surface area contributed by atoms with E-state index in [1.54, 1.807) is 0 Å². The van der Waals surface area contributed by atoms with E-state index in [4.69, 9.17) is 9.47 Å². The van der Waals surface area contributed by atoms with Gasteiger partial charge in [-0.3, -0.25) is 4.90 Å². The number of hydrogen-bond donors (Lipinski definition) is 1. The predicted octanol–water partition coefficient (Wildman–Crippen LogP) is 1.89. The van der Waals surface area contributed by atoms with Crippen molar-refractivity contribution >= 4 is 0 Å². The van der Waals surface area contributed by atoms with Gasteiger partial charge in [-0.15, -0.1) is 0 Å². The highest BCUT2D eigenvalue weighted by Crippen LogP contribution is 2.20. The number of nitrogens with zero attached hydrogens (tertiary/aromatic N) is 1. The molecule has 1 atom stereocenters. The predicted molar refractivity (Wildman–Crippen MR) is 79.7 cm³/mol. The zero-order chi connectivity index (χ0) is 14.1. The molecule has 1 rings (SSSR count). The zero-order valence-corrected chi connectivity index (χ0v) is 13.2. The molecule has 0 aromatic carbocycles. The molecule has 0 aromatic heterocycles. The van der Waals surface area contributed by atoms with Gasteiger partial charge in [0, 0.05) is 39.4 Å². The van der Waals surface area contributed by atoms with Gasteiger partial charge in [-0.1, -0.05) is 0 Å². The standard InChI is InChI=1S/C15H32N2O2/c1-5-18-11-7-6-8-16-9-10-17-12-14(2)19-15(3,4)13-17/h14,16H,5-13H2,1-4H3. The normalized spacial score (nSPS) is 23.7. The smallest absolute Gasteiger partial charge is 0.0757 e. The number of morpholine rings is 1. The molecule has 1 unspecified atom stereocenters. The fourth-order valence-corrected chi connectivity index (χ4v) is 2.72. The van der Waals surface area contributed by atoms with Crippen LogP contribution < -0.4 is 5.32 Å². The maximum atomic E-state index is 5.91. The lowest BCUT2D eigenvalue weighted by Crippen LogP contribution is -2.53. The maximum absolute atomic E-state index is 5.91. The minimum Gasteiger partial charge on any atom is -0.382 e. The summed E-state index contributed by atoms with van der Waals surface area (Å²) in [6.45, 7) is 15.6. The van der Waals surface area contributed by atoms with Crippen molar-refractivity contribution in [3.63, 3.8) is 0 Å². The van der Waals surface area contributed by atoms with Crippen molar-refractivity contribution < 1.29 is 9.47 Å². The summed E-state index contributed by atoms with van der Waals surface area (Å²) in [5.74, 6) is 0. The third-order valence-electron chi connectivity index (χ3n) is 3.34. The molecule has 0 aliphatic carbocycles. The van der Waals surface area contributed by atoms with Gasteiger partial charge < -0.3 is 14.8 Å². The van der Waals surface area contributed by atoms with E-state index in [2.05, 4.69) is 31.0 Å². The Balaban J connectivity index is 2.00. The van der Waals surface area contributed by atoms with Gasteiger partial charge in [-0.25, -0.2) is 0 Å². The molecular formula is C15H32N2O2. The second-order valence-corrected chi connectivity index (χ2v) is 6.08. The first-order valence-corrected chi connectivity index (χ1v) is 7.72. The molecular weight excluding hydrogens is 240 g/mol. The number of ether oxygens (including phenoxy) is 2. The summed E-state index contributed by atoms with van der Waals surface area (Å²) in [6.07, 6.45) is 2.70. The molecule has 0 radical (unpaired) electrons. The fourth-order valence-electron chi connectivity index (χ4n) is 2.72. The third kappa shape index (κ3) is 7.88. The summed E-state index contributed by atoms with van der Waals surface area (Å²) in [4.78, 5) is 2.50. The highest BCUT2D eigenvalue weighted by atomic mass is 16.5. The summed E-state index contributed by atoms with van der Waals surface area (Å²) in [5.41, 5.74) is -0.00480. The van der Waals surface area contributed by atoms with E-state index in [1.165, 1.54) is 6.42 Å². The Morgan fingerprint density at radius 1 is 1.32 bits per heavy atom. The average Bonchev–Trinajstić information content (AvgIpc) is 2.30. The Hall–Kier alpha value is -0.160. The zero-order valence-electron chi connectivity index (χ0n) is 13.2. The van der Waals surface area contributed by atoms with Crippen LogP contribution in [0.1, 0.15) is 40.5 Å². The Labute approximate surface area is 118 Å². The molecule has 1 heterocycles. The molecule has 1 fully saturated rings. The van der Waals surface area contributed by atoms with Crippen molar-refractivity contribution in [2.24, 2.45) is 0 Å². The van der Waals surface area contributed by atoms with Crippen LogP contribution in [0.25, 0.3) is 0 Å². The molecule has 0 aromatic rings. The van der Waals surface area contributed by atoms with Gasteiger partial charge in [0.25, 0.3) is 0 Å². The third-order valence-corrected chi connectivity index (χ3v) is 3.34. The first-order chi connectivity index (χ1) is 9.03. The van der Waals surface area contributed by atoms with Crippen molar-refractivity contribution in [2.45, 2.75) is 52.2 Å². The Kier molecular flexibility index (Phi) is 7.91. The second-order valence-electron chi connectivity index (χ2n) is 6.08. The van der Waals surface area contributed by atoms with Crippen molar-refractivity contribution in [3.8, 4) is 0 Å². The van der Waals surface area contributed by atoms with Crippen LogP contribution in [0.4, 0.5) is 0 Å². The molecule has 0 saturated carbocycles. The first kappa shape index (κ1) is 16.9. The molecule has 0 spiro atoms. The van der Waals surface area contributed by atoms with E-state index in [-0.39, 0.29) is 5.60 Å². The van der Waals surface area contributed by atoms with Gasteiger partial charge in [0.15, 0.2) is 0 Å². The Morgan fingerprint density at radius 2 is 2.11 bits per heavy atom. The minimum atomic E-state index is -0.00480. The van der Waals surface area contributed by atoms with E-state index in [0.717, 1.165) is 52.4 Å². The van der Waals surface area contributed by atoms with Crippen molar-refractivity contribution in [1.82, 2.24) is 10.2 Å². The first-order valence-electron chi connectivity index (χ1n) is 7.72. The lowest BCUT2D eigenvalue weighted by Gasteiger charge is -2.41. The Morgan fingerprint density at radius 3 is 2.79 bits per heavy atom. The van der Waals surface area contributed by atoms with Crippen molar-refractivity contribution in [2.75, 3.05) is 45.9 Å². The lowest BCUT2D eigenvalue weighted by molar-refractivity contribution is -0.128. The van der Waals surface area contributed by atoms with E-state index in [0.29, 0.717) is 6.10 Å². The number of nitrogens with one attached hydrogen (secondary N) is 1. The minimum absolute atomic E-state index is 0.00480. The lowest BCUT2D eigenvalue weighted by atomic mass is 10.1. The van der Waals surface area contributed by atoms with Crippen LogP contribution >= 0.6 is 0 Å². The molecule has 1 N–H and O–H groups in total. The molecule has 4 heteroatoms. The van der Waals surface area contributed by atoms with Gasteiger partial charge in [-0.2, -0.15) is 0 Å². The van der Waals surface area contributed by atoms with Crippen LogP contribution in [-0.2, 0) is 9.47 Å². The summed E-state index contributed by atoms with van der Waals surface area (Å²) < 4.78 is 11.2. The molecule has 114 valence electrons. The van der Waals surface area contributed by atoms with Gasteiger partial charge in [0.1, 0.15) is 0 Å². The van der Waals surface area contributed by atoms with Gasteiger partial charge >= 0.3 is 0 Å². The van der Waals surface area contributed by atoms with E-state index in [9.17, 15) is 0 Å². The van der Waals surface area contributed by atoms with Crippen LogP contribution in [-0.4, -0.2) is 62.5 Å². The van der Waals surface area contributed by atoms with E-state index >= 15 is 0 Å². The monoisotopic (exact) mass is 272 g/mol. The molecule has 19 heavy (non-hydrogen) atoms. The quantitative estimate of drug-likeness (QED) is 0.650. The van der Waals surface area contributed by atoms with Gasteiger partial charge in [0.2, 0.25) is 0 Å². The van der Waals surface area contributed by atoms with Crippen LogP contribution in [0, 0.1) is 0 Å². The highest BCUT2D eigenvalue weighted by Gasteiger charge is 2.30. The second kappa shape index (κ2) is 8.90. The fraction of sp³-hybridized carbons (Fsp3) is 1.00. The number of rotatable bonds is 9. The topological polar surface area (TPSA) is 33.7 Å². The molecule has 4 nitrogen and oxygen atoms in total. The molecule has 1 aliphatic rings. The summed E-state index contributed by atoms with van der Waals surface area (Å²) in [6, 6.07) is 0. The van der Waals surface area contributed by atoms with Crippen LogP contribution in [0.2, 0.25) is 0 Å². The number of unbranched alkanes of at least 4 members (excludes halogenated alkanes) is 1. The van der Waals surface area contributed by atoms with Crippen molar-refractivity contribution in [3.05, 3.63) is 0 Å². The van der Waals surface area contributed by atoms with Crippen molar-refractivity contribution in [1.29, 1.82) is 0 Å². The van der Waals surface area contributed by atoms with E-state index in [1.807, 2.05) is 6.92 Å². The maximum Gasteiger partial charge on any atom is 0.0757 e. The summed E-state index contributed by atoms with van der Waals surface area (Å²) in [7, 11) is 0. The Bertz CT molecular complexity index is 234. The van der Waals surface area contributed by atoms with Gasteiger partial charge in [-0.05, 0) is 47.1 Å². The highest BCUT2D eigenvalue weighted by molar-refractivity contribution is 4.82. The van der Waals surface area contributed by atoms with Crippen LogP contribution in [0.15, 0.2) is 0 Å². The average molecular weight is 272 g/mol. The van der Waals surface area contributed by atoms with Crippen LogP contribution in [0.3, 0.4) is 0 Å². The molecule has 0 amide bonds. The molecule has 0 bridgehead atoms. The van der Waals surface area contributed by atoms with Crippen LogP contribution in [0.5, 0.6) is 0 Å². The largest absolute Gasteiger partial charge is 0.382 e.